The number of pyridine rings is 1. The molecule has 182 valence electrons. The topological polar surface area (TPSA) is 151 Å². The summed E-state index contributed by atoms with van der Waals surface area (Å²) in [5.74, 6) is 6.16. The first-order valence-electron chi connectivity index (χ1n) is 11.0. The Bertz CT molecular complexity index is 1410. The summed E-state index contributed by atoms with van der Waals surface area (Å²) in [4.78, 5) is 9.15. The maximum Gasteiger partial charge on any atom is 0.216 e. The fourth-order valence-corrected chi connectivity index (χ4v) is 3.54. The van der Waals surface area contributed by atoms with Gasteiger partial charge in [0.15, 0.2) is 17.3 Å². The minimum Gasteiger partial charge on any atom is -0.476 e. The summed E-state index contributed by atoms with van der Waals surface area (Å²) in [7, 11) is 0. The van der Waals surface area contributed by atoms with Crippen LogP contribution in [0.25, 0.3) is 22.6 Å². The lowest BCUT2D eigenvalue weighted by Gasteiger charge is -2.14. The zero-order chi connectivity index (χ0) is 25.2. The quantitative estimate of drug-likeness (QED) is 0.339. The molecule has 0 spiro atoms. The van der Waals surface area contributed by atoms with Gasteiger partial charge in [0.2, 0.25) is 5.88 Å². The average Bonchev–Trinajstić information content (AvgIpc) is 3.38. The molecule has 0 saturated heterocycles. The number of aromatic nitrogens is 5. The van der Waals surface area contributed by atoms with Gasteiger partial charge in [-0.1, -0.05) is 18.1 Å². The number of aryl methyl sites for hydroxylation is 1. The van der Waals surface area contributed by atoms with E-state index in [4.69, 9.17) is 20.8 Å². The molecule has 0 radical (unpaired) electrons. The number of benzene rings is 1. The predicted molar refractivity (Wildman–Crippen MR) is 128 cm³/mol. The molecule has 4 aromatic rings. The monoisotopic (exact) mass is 479 g/mol. The number of imidazole rings is 1. The molecule has 0 aliphatic carbocycles. The molecular weight excluding hydrogens is 453 g/mol. The molecule has 3 heterocycles. The molecule has 0 aliphatic rings. The van der Waals surface area contributed by atoms with Crippen molar-refractivity contribution in [3.8, 4) is 29.2 Å². The summed E-state index contributed by atoms with van der Waals surface area (Å²) in [6.07, 6.45) is 0.431. The Morgan fingerprint density at radius 3 is 2.71 bits per heavy atom. The van der Waals surface area contributed by atoms with E-state index in [0.717, 1.165) is 5.56 Å². The summed E-state index contributed by atoms with van der Waals surface area (Å²) in [5.41, 5.74) is 13.4. The van der Waals surface area contributed by atoms with Gasteiger partial charge in [0.1, 0.15) is 29.2 Å². The van der Waals surface area contributed by atoms with Crippen LogP contribution in [0.3, 0.4) is 0 Å². The standard InChI is InChI=1S/C24H26FN7O3/c1-4-32-18-12-19(34-13-16(26)11-14-6-5-7-15(25)10-14)28-17(8-9-24(2,3)33)20(18)29-23(32)21-22(27)31-35-30-21/h5-7,10,12,16,33H,4,11,13,26H2,1-3H3,(H2,27,31)/t16-/m0/s1. The second-order valence-corrected chi connectivity index (χ2v) is 8.57. The van der Waals surface area contributed by atoms with Gasteiger partial charge >= 0.3 is 0 Å². The van der Waals surface area contributed by atoms with Crippen molar-refractivity contribution >= 4 is 16.9 Å². The molecule has 0 amide bonds. The molecule has 4 rings (SSSR count). The lowest BCUT2D eigenvalue weighted by atomic mass is 10.1. The Labute approximate surface area is 201 Å². The third kappa shape index (κ3) is 5.56. The third-order valence-corrected chi connectivity index (χ3v) is 5.07. The van der Waals surface area contributed by atoms with Gasteiger partial charge < -0.3 is 25.9 Å². The SMILES string of the molecule is CCn1c(-c2nonc2N)nc2c(C#CC(C)(C)O)nc(OC[C@@H](N)Cc3cccc(F)c3)cc21. The molecule has 0 saturated carbocycles. The Balaban J connectivity index is 1.70. The first kappa shape index (κ1) is 24.1. The Hall–Kier alpha value is -4.01. The molecule has 35 heavy (non-hydrogen) atoms. The van der Waals surface area contributed by atoms with Crippen LogP contribution in [0.15, 0.2) is 35.0 Å². The van der Waals surface area contributed by atoms with Crippen LogP contribution in [0.4, 0.5) is 10.2 Å². The van der Waals surface area contributed by atoms with Gasteiger partial charge in [-0.15, -0.1) is 0 Å². The summed E-state index contributed by atoms with van der Waals surface area (Å²) in [6, 6.07) is 7.61. The van der Waals surface area contributed by atoms with Gasteiger partial charge in [-0.2, -0.15) is 0 Å². The summed E-state index contributed by atoms with van der Waals surface area (Å²) >= 11 is 0. The molecule has 1 atom stereocenters. The third-order valence-electron chi connectivity index (χ3n) is 5.07. The molecule has 5 N–H and O–H groups in total. The lowest BCUT2D eigenvalue weighted by Crippen LogP contribution is -2.30. The van der Waals surface area contributed by atoms with Crippen LogP contribution >= 0.6 is 0 Å². The predicted octanol–water partition coefficient (Wildman–Crippen LogP) is 2.29. The highest BCUT2D eigenvalue weighted by atomic mass is 19.1. The van der Waals surface area contributed by atoms with Gasteiger partial charge in [-0.25, -0.2) is 19.0 Å². The fraction of sp³-hybridized carbons (Fsp3) is 0.333. The highest BCUT2D eigenvalue weighted by Crippen LogP contribution is 2.30. The fourth-order valence-electron chi connectivity index (χ4n) is 3.54. The number of fused-ring (bicyclic) bond motifs is 1. The molecule has 11 heteroatoms. The maximum absolute atomic E-state index is 13.5. The molecule has 1 aromatic carbocycles. The van der Waals surface area contributed by atoms with Crippen molar-refractivity contribution in [2.45, 2.75) is 45.4 Å². The van der Waals surface area contributed by atoms with Crippen LogP contribution in [0.2, 0.25) is 0 Å². The number of ether oxygens (including phenoxy) is 1. The number of halogens is 1. The molecule has 0 unspecified atom stereocenters. The van der Waals surface area contributed by atoms with Crippen LogP contribution in [0.1, 0.15) is 32.0 Å². The van der Waals surface area contributed by atoms with Crippen LogP contribution < -0.4 is 16.2 Å². The van der Waals surface area contributed by atoms with Crippen molar-refractivity contribution in [3.05, 3.63) is 47.4 Å². The number of nitrogens with zero attached hydrogens (tertiary/aromatic N) is 5. The summed E-state index contributed by atoms with van der Waals surface area (Å²) in [5, 5.41) is 17.6. The number of rotatable bonds is 7. The minimum absolute atomic E-state index is 0.104. The first-order chi connectivity index (χ1) is 16.6. The van der Waals surface area contributed by atoms with E-state index in [2.05, 4.69) is 32.1 Å². The van der Waals surface area contributed by atoms with Gasteiger partial charge in [0, 0.05) is 18.7 Å². The van der Waals surface area contributed by atoms with E-state index in [0.29, 0.717) is 41.2 Å². The molecule has 0 aliphatic heterocycles. The smallest absolute Gasteiger partial charge is 0.216 e. The van der Waals surface area contributed by atoms with Crippen LogP contribution in [0, 0.1) is 17.7 Å². The van der Waals surface area contributed by atoms with Crippen LogP contribution in [-0.4, -0.2) is 48.2 Å². The van der Waals surface area contributed by atoms with Crippen molar-refractivity contribution in [2.75, 3.05) is 12.3 Å². The van der Waals surface area contributed by atoms with Gasteiger partial charge in [-0.3, -0.25) is 0 Å². The van der Waals surface area contributed by atoms with E-state index in [1.807, 2.05) is 17.6 Å². The number of nitrogens with two attached hydrogens (primary N) is 2. The van der Waals surface area contributed by atoms with E-state index in [9.17, 15) is 9.50 Å². The molecule has 0 bridgehead atoms. The second-order valence-electron chi connectivity index (χ2n) is 8.57. The van der Waals surface area contributed by atoms with E-state index < -0.39 is 11.6 Å². The van der Waals surface area contributed by atoms with Crippen molar-refractivity contribution in [1.82, 2.24) is 24.8 Å². The number of hydrogen-bond acceptors (Lipinski definition) is 9. The Morgan fingerprint density at radius 2 is 2.06 bits per heavy atom. The number of nitrogen functional groups attached to an aromatic ring is 1. The largest absolute Gasteiger partial charge is 0.476 e. The van der Waals surface area contributed by atoms with Crippen LogP contribution in [0.5, 0.6) is 5.88 Å². The zero-order valence-corrected chi connectivity index (χ0v) is 19.6. The number of aliphatic hydroxyl groups is 1. The van der Waals surface area contributed by atoms with E-state index in [-0.39, 0.29) is 24.1 Å². The Morgan fingerprint density at radius 1 is 1.26 bits per heavy atom. The van der Waals surface area contributed by atoms with E-state index in [1.54, 1.807) is 26.0 Å². The Kier molecular flexibility index (Phi) is 6.68. The highest BCUT2D eigenvalue weighted by molar-refractivity contribution is 5.86. The van der Waals surface area contributed by atoms with Crippen LogP contribution in [-0.2, 0) is 13.0 Å². The summed E-state index contributed by atoms with van der Waals surface area (Å²) in [6.45, 7) is 5.74. The van der Waals surface area contributed by atoms with Gasteiger partial charge in [-0.05, 0) is 61.1 Å². The number of anilines is 1. The lowest BCUT2D eigenvalue weighted by molar-refractivity contribution is 0.143. The molecule has 10 nitrogen and oxygen atoms in total. The normalized spacial score (nSPS) is 12.4. The van der Waals surface area contributed by atoms with Crippen molar-refractivity contribution in [2.24, 2.45) is 5.73 Å². The molecule has 0 fully saturated rings. The summed E-state index contributed by atoms with van der Waals surface area (Å²) < 4.78 is 26.0. The first-order valence-corrected chi connectivity index (χ1v) is 11.0. The van der Waals surface area contributed by atoms with Crippen molar-refractivity contribution in [1.29, 1.82) is 0 Å². The molecular formula is C24H26FN7O3. The maximum atomic E-state index is 13.5. The highest BCUT2D eigenvalue weighted by Gasteiger charge is 2.22. The minimum atomic E-state index is -1.24. The van der Waals surface area contributed by atoms with Crippen molar-refractivity contribution in [3.63, 3.8) is 0 Å². The average molecular weight is 480 g/mol. The van der Waals surface area contributed by atoms with Crippen molar-refractivity contribution < 1.29 is 18.9 Å². The van der Waals surface area contributed by atoms with E-state index in [1.165, 1.54) is 12.1 Å². The second kappa shape index (κ2) is 9.69. The molecule has 3 aromatic heterocycles. The van der Waals surface area contributed by atoms with E-state index >= 15 is 0 Å². The number of hydrogen-bond donors (Lipinski definition) is 3. The zero-order valence-electron chi connectivity index (χ0n) is 19.6. The van der Waals surface area contributed by atoms with Gasteiger partial charge in [0.25, 0.3) is 0 Å². The van der Waals surface area contributed by atoms with Gasteiger partial charge in [0.05, 0.1) is 5.52 Å².